The maximum atomic E-state index is 0. The fraction of sp³-hybridized carbons (Fsp3) is 0. The Labute approximate surface area is 77.3 Å². The molecule has 0 aliphatic rings. The molecule has 3 nitrogen and oxygen atoms in total. The second-order valence-electron chi connectivity index (χ2n) is 0. The molecular formula is HLiMgO3Zn. The zero-order chi connectivity index (χ0) is 0. The van der Waals surface area contributed by atoms with Gasteiger partial charge in [0.1, 0.15) is 0 Å². The standard InChI is InChI=1S/Li.Mg.H2O.2O.Zn/h;;1H2;;;/q+1;+2;;2*-2;+2/p-1. The molecule has 0 atom stereocenters. The van der Waals surface area contributed by atoms with Crippen LogP contribution in [0.25, 0.3) is 0 Å². The van der Waals surface area contributed by atoms with Gasteiger partial charge in [-0.25, -0.2) is 0 Å². The van der Waals surface area contributed by atoms with Crippen molar-refractivity contribution < 1.29 is 54.8 Å². The average Bonchev–Trinajstić information content (AvgIpc) is 0. The van der Waals surface area contributed by atoms with Gasteiger partial charge in [0.15, 0.2) is 0 Å². The van der Waals surface area contributed by atoms with Crippen LogP contribution in [0.4, 0.5) is 0 Å². The van der Waals surface area contributed by atoms with Crippen molar-refractivity contribution in [1.82, 2.24) is 0 Å². The summed E-state index contributed by atoms with van der Waals surface area (Å²) in [6.07, 6.45) is 0. The fourth-order valence-electron chi connectivity index (χ4n) is 0. The predicted octanol–water partition coefficient (Wildman–Crippen LogP) is -3.79. The van der Waals surface area contributed by atoms with Gasteiger partial charge in [-0.05, 0) is 0 Å². The second kappa shape index (κ2) is 67.8. The van der Waals surface area contributed by atoms with Gasteiger partial charge in [0, 0.05) is 0 Å². The first kappa shape index (κ1) is 106. The summed E-state index contributed by atoms with van der Waals surface area (Å²) in [5.74, 6) is 0. The zero-order valence-corrected chi connectivity index (χ0v) is 8.06. The summed E-state index contributed by atoms with van der Waals surface area (Å²) in [5.41, 5.74) is 0. The molecule has 0 aliphatic carbocycles. The maximum absolute atomic E-state index is 0. The molecule has 0 saturated heterocycles. The van der Waals surface area contributed by atoms with Gasteiger partial charge in [-0.3, -0.25) is 0 Å². The Kier molecular flexibility index (Phi) is 1200. The Morgan fingerprint density at radius 1 is 0.833 bits per heavy atom. The summed E-state index contributed by atoms with van der Waals surface area (Å²) in [4.78, 5) is 0. The van der Waals surface area contributed by atoms with E-state index in [-0.39, 0.29) is 77.8 Å². The molecule has 0 unspecified atom stereocenters. The van der Waals surface area contributed by atoms with Gasteiger partial charge in [0.05, 0.1) is 0 Å². The van der Waals surface area contributed by atoms with E-state index in [1.807, 2.05) is 0 Å². The minimum absolute atomic E-state index is 0. The van der Waals surface area contributed by atoms with E-state index >= 15 is 0 Å². The van der Waals surface area contributed by atoms with Gasteiger partial charge >= 0.3 is 61.4 Å². The molecule has 0 aliphatic heterocycles. The molecule has 0 heterocycles. The van der Waals surface area contributed by atoms with Crippen LogP contribution in [-0.4, -0.2) is 28.5 Å². The van der Waals surface area contributed by atoms with Gasteiger partial charge in [0.2, 0.25) is 0 Å². The van der Waals surface area contributed by atoms with Crippen molar-refractivity contribution in [3.8, 4) is 0 Å². The van der Waals surface area contributed by atoms with Crippen molar-refractivity contribution >= 4 is 23.1 Å². The minimum atomic E-state index is 0. The van der Waals surface area contributed by atoms with Gasteiger partial charge in [-0.15, -0.1) is 0 Å². The van der Waals surface area contributed by atoms with Gasteiger partial charge in [-0.1, -0.05) is 0 Å². The van der Waals surface area contributed by atoms with Gasteiger partial charge in [0.25, 0.3) is 0 Å². The van der Waals surface area contributed by atoms with Crippen LogP contribution in [-0.2, 0) is 30.4 Å². The first-order chi connectivity index (χ1) is 0. The Morgan fingerprint density at radius 2 is 0.833 bits per heavy atom. The van der Waals surface area contributed by atoms with Crippen LogP contribution in [0.3, 0.4) is 0 Å². The zero-order valence-electron chi connectivity index (χ0n) is 3.68. The molecule has 0 spiro atoms. The molecule has 0 amide bonds. The second-order valence-corrected chi connectivity index (χ2v) is 0. The Balaban J connectivity index is 0. The van der Waals surface area contributed by atoms with Crippen LogP contribution >= 0.6 is 0 Å². The summed E-state index contributed by atoms with van der Waals surface area (Å²) in [7, 11) is 0. The van der Waals surface area contributed by atoms with E-state index in [1.165, 1.54) is 0 Å². The van der Waals surface area contributed by atoms with Crippen molar-refractivity contribution in [2.24, 2.45) is 0 Å². The average molecular weight is 146 g/mol. The Bertz CT molecular complexity index is 10.8. The fourth-order valence-corrected chi connectivity index (χ4v) is 0. The van der Waals surface area contributed by atoms with E-state index in [4.69, 9.17) is 0 Å². The van der Waals surface area contributed by atoms with Gasteiger partial charge in [-0.2, -0.15) is 0 Å². The van der Waals surface area contributed by atoms with E-state index in [0.29, 0.717) is 0 Å². The summed E-state index contributed by atoms with van der Waals surface area (Å²) < 4.78 is 0. The molecule has 0 rings (SSSR count). The van der Waals surface area contributed by atoms with Crippen LogP contribution in [0.5, 0.6) is 0 Å². The van der Waals surface area contributed by atoms with E-state index in [0.717, 1.165) is 0 Å². The minimum Gasteiger partial charge on any atom is -2.00 e. The van der Waals surface area contributed by atoms with E-state index in [1.54, 1.807) is 0 Å². The molecular weight excluding hydrogens is 145 g/mol. The smallest absolute Gasteiger partial charge is 2.00 e. The number of hydrogen-bond donors (Lipinski definition) is 0. The van der Waals surface area contributed by atoms with Crippen LogP contribution < -0.4 is 18.9 Å². The van der Waals surface area contributed by atoms with Crippen molar-refractivity contribution in [3.05, 3.63) is 0 Å². The third-order valence-electron chi connectivity index (χ3n) is 0. The molecule has 0 fully saturated rings. The van der Waals surface area contributed by atoms with Crippen molar-refractivity contribution in [2.75, 3.05) is 0 Å². The van der Waals surface area contributed by atoms with Crippen LogP contribution in [0.1, 0.15) is 0 Å². The largest absolute Gasteiger partial charge is 2.00 e. The Morgan fingerprint density at radius 3 is 0.833 bits per heavy atom. The summed E-state index contributed by atoms with van der Waals surface area (Å²) in [5, 5.41) is 0. The number of hydrogen-bond acceptors (Lipinski definition) is 1. The summed E-state index contributed by atoms with van der Waals surface area (Å²) in [6, 6.07) is 0. The van der Waals surface area contributed by atoms with E-state index in [2.05, 4.69) is 0 Å². The first-order valence-electron chi connectivity index (χ1n) is 0. The normalized spacial score (nSPS) is 0. The first-order valence-corrected chi connectivity index (χ1v) is 0. The molecule has 0 saturated carbocycles. The monoisotopic (exact) mass is 144 g/mol. The molecule has 0 aromatic carbocycles. The molecule has 0 aromatic heterocycles. The third-order valence-corrected chi connectivity index (χ3v) is 0. The topological polar surface area (TPSA) is 87.0 Å². The van der Waals surface area contributed by atoms with Crippen molar-refractivity contribution in [1.29, 1.82) is 0 Å². The maximum Gasteiger partial charge on any atom is 2.00 e. The molecule has 6 heavy (non-hydrogen) atoms. The number of rotatable bonds is 0. The van der Waals surface area contributed by atoms with Crippen LogP contribution in [0.2, 0.25) is 0 Å². The van der Waals surface area contributed by atoms with Crippen LogP contribution in [0, 0.1) is 0 Å². The predicted molar refractivity (Wildman–Crippen MR) is 9.06 cm³/mol. The van der Waals surface area contributed by atoms with Crippen molar-refractivity contribution in [3.63, 3.8) is 0 Å². The quantitative estimate of drug-likeness (QED) is 0.322. The molecule has 0 bridgehead atoms. The SMILES string of the molecule is [Li+].[Mg+2].[O-2].[O-2].[OH-].[Zn+2]. The molecule has 24 valence electrons. The van der Waals surface area contributed by atoms with E-state index < -0.39 is 0 Å². The summed E-state index contributed by atoms with van der Waals surface area (Å²) >= 11 is 0. The molecule has 0 aromatic rings. The summed E-state index contributed by atoms with van der Waals surface area (Å²) in [6.45, 7) is 0. The van der Waals surface area contributed by atoms with Crippen LogP contribution in [0.15, 0.2) is 0 Å². The van der Waals surface area contributed by atoms with Gasteiger partial charge < -0.3 is 16.4 Å². The molecule has 6 heteroatoms. The Hall–Kier alpha value is 1.87. The van der Waals surface area contributed by atoms with E-state index in [9.17, 15) is 0 Å². The molecule has 0 radical (unpaired) electrons. The van der Waals surface area contributed by atoms with Crippen molar-refractivity contribution in [2.45, 2.75) is 0 Å². The molecule has 1 N–H and O–H groups in total. The third kappa shape index (κ3) is 39.9.